The maximum absolute atomic E-state index is 14.4. The van der Waals surface area contributed by atoms with E-state index in [1.165, 1.54) is 6.07 Å². The van der Waals surface area contributed by atoms with Crippen molar-refractivity contribution in [3.63, 3.8) is 0 Å². The first-order chi connectivity index (χ1) is 16.1. The van der Waals surface area contributed by atoms with Crippen LogP contribution in [-0.2, 0) is 4.74 Å². The van der Waals surface area contributed by atoms with Gasteiger partial charge in [0.2, 0.25) is 5.95 Å². The number of ether oxygens (including phenoxy) is 2. The third-order valence-electron chi connectivity index (χ3n) is 5.30. The molecule has 1 aliphatic rings. The van der Waals surface area contributed by atoms with Gasteiger partial charge in [-0.2, -0.15) is 14.6 Å². The molecule has 9 heteroatoms. The Morgan fingerprint density at radius 2 is 1.88 bits per heavy atom. The summed E-state index contributed by atoms with van der Waals surface area (Å²) in [5, 5.41) is 7.63. The van der Waals surface area contributed by atoms with Crippen molar-refractivity contribution < 1.29 is 13.9 Å². The monoisotopic (exact) mass is 448 g/mol. The largest absolute Gasteiger partial charge is 0.489 e. The second kappa shape index (κ2) is 9.03. The standard InChI is InChI=1S/C24H25FN6O2/c1-16(2)33-21-15-17(7-8-20(21)30-11-13-32-14-12-30)27-24-29-23(18-5-3-4-6-19(18)25)28-22-9-10-26-31(22)24/h3-10,15-16H,11-14H2,1-2H3,(H,27,28,29). The average molecular weight is 449 g/mol. The number of fused-ring (bicyclic) bond motifs is 1. The van der Waals surface area contributed by atoms with Crippen LogP contribution in [0.4, 0.5) is 21.7 Å². The first-order valence-electron chi connectivity index (χ1n) is 11.0. The van der Waals surface area contributed by atoms with E-state index >= 15 is 0 Å². The Kier molecular flexibility index (Phi) is 5.78. The molecule has 1 N–H and O–H groups in total. The lowest BCUT2D eigenvalue weighted by Gasteiger charge is -2.31. The molecule has 0 amide bonds. The molecule has 2 aromatic carbocycles. The van der Waals surface area contributed by atoms with Crippen molar-refractivity contribution in [3.8, 4) is 17.1 Å². The number of aromatic nitrogens is 4. The predicted molar refractivity (Wildman–Crippen MR) is 125 cm³/mol. The van der Waals surface area contributed by atoms with E-state index in [-0.39, 0.29) is 17.7 Å². The molecule has 8 nitrogen and oxygen atoms in total. The summed E-state index contributed by atoms with van der Waals surface area (Å²) >= 11 is 0. The molecule has 2 aromatic heterocycles. The fourth-order valence-electron chi connectivity index (χ4n) is 3.80. The molecular weight excluding hydrogens is 423 g/mol. The number of hydrogen-bond donors (Lipinski definition) is 1. The van der Waals surface area contributed by atoms with Gasteiger partial charge in [-0.1, -0.05) is 12.1 Å². The van der Waals surface area contributed by atoms with Gasteiger partial charge in [-0.25, -0.2) is 9.37 Å². The SMILES string of the molecule is CC(C)Oc1cc(Nc2nc(-c3ccccc3F)nc3ccnn23)ccc1N1CCOCC1. The molecule has 0 spiro atoms. The van der Waals surface area contributed by atoms with Crippen molar-refractivity contribution in [2.24, 2.45) is 0 Å². The Labute approximate surface area is 191 Å². The van der Waals surface area contributed by atoms with E-state index in [0.717, 1.165) is 30.2 Å². The highest BCUT2D eigenvalue weighted by molar-refractivity contribution is 5.69. The van der Waals surface area contributed by atoms with Crippen LogP contribution in [0.2, 0.25) is 0 Å². The van der Waals surface area contributed by atoms with Crippen LogP contribution in [0.15, 0.2) is 54.7 Å². The Morgan fingerprint density at radius 1 is 1.06 bits per heavy atom. The van der Waals surface area contributed by atoms with Gasteiger partial charge in [0.25, 0.3) is 0 Å². The lowest BCUT2D eigenvalue weighted by molar-refractivity contribution is 0.122. The zero-order chi connectivity index (χ0) is 22.8. The van der Waals surface area contributed by atoms with Crippen molar-refractivity contribution in [1.82, 2.24) is 19.6 Å². The summed E-state index contributed by atoms with van der Waals surface area (Å²) in [5.74, 6) is 1.11. The van der Waals surface area contributed by atoms with E-state index in [2.05, 4.69) is 25.3 Å². The Hall–Kier alpha value is -3.72. The van der Waals surface area contributed by atoms with Gasteiger partial charge in [0.1, 0.15) is 11.6 Å². The molecule has 0 aliphatic carbocycles. The first-order valence-corrected chi connectivity index (χ1v) is 11.0. The molecule has 1 aliphatic heterocycles. The highest BCUT2D eigenvalue weighted by atomic mass is 19.1. The number of halogens is 1. The summed E-state index contributed by atoms with van der Waals surface area (Å²) in [6, 6.07) is 14.2. The third kappa shape index (κ3) is 4.45. The van der Waals surface area contributed by atoms with Crippen LogP contribution in [0.25, 0.3) is 17.0 Å². The summed E-state index contributed by atoms with van der Waals surface area (Å²) < 4.78 is 27.6. The van der Waals surface area contributed by atoms with E-state index in [9.17, 15) is 4.39 Å². The number of rotatable bonds is 6. The van der Waals surface area contributed by atoms with Crippen molar-refractivity contribution in [3.05, 3.63) is 60.5 Å². The molecule has 0 saturated carbocycles. The molecule has 170 valence electrons. The normalized spacial score (nSPS) is 14.1. The molecular formula is C24H25FN6O2. The highest BCUT2D eigenvalue weighted by Crippen LogP contribution is 2.34. The van der Waals surface area contributed by atoms with Gasteiger partial charge in [-0.05, 0) is 38.1 Å². The fourth-order valence-corrected chi connectivity index (χ4v) is 3.80. The quantitative estimate of drug-likeness (QED) is 0.471. The van der Waals surface area contributed by atoms with Gasteiger partial charge < -0.3 is 19.7 Å². The van der Waals surface area contributed by atoms with Crippen molar-refractivity contribution in [2.75, 3.05) is 36.5 Å². The minimum absolute atomic E-state index is 0.0181. The lowest BCUT2D eigenvalue weighted by atomic mass is 10.2. The highest BCUT2D eigenvalue weighted by Gasteiger charge is 2.18. The number of morpholine rings is 1. The molecule has 3 heterocycles. The smallest absolute Gasteiger partial charge is 0.232 e. The van der Waals surface area contributed by atoms with Gasteiger partial charge in [0.05, 0.1) is 36.8 Å². The topological polar surface area (TPSA) is 76.8 Å². The van der Waals surface area contributed by atoms with E-state index in [4.69, 9.17) is 9.47 Å². The number of nitrogens with zero attached hydrogens (tertiary/aromatic N) is 5. The Bertz CT molecular complexity index is 1270. The van der Waals surface area contributed by atoms with Crippen LogP contribution >= 0.6 is 0 Å². The van der Waals surface area contributed by atoms with E-state index < -0.39 is 0 Å². The number of nitrogens with one attached hydrogen (secondary N) is 1. The summed E-state index contributed by atoms with van der Waals surface area (Å²) in [7, 11) is 0. The maximum atomic E-state index is 14.4. The average Bonchev–Trinajstić information content (AvgIpc) is 3.29. The van der Waals surface area contributed by atoms with E-state index in [1.54, 1.807) is 35.0 Å². The van der Waals surface area contributed by atoms with Gasteiger partial charge in [-0.15, -0.1) is 0 Å². The molecule has 0 radical (unpaired) electrons. The van der Waals surface area contributed by atoms with Gasteiger partial charge in [-0.3, -0.25) is 0 Å². The third-order valence-corrected chi connectivity index (χ3v) is 5.30. The second-order valence-corrected chi connectivity index (χ2v) is 8.03. The maximum Gasteiger partial charge on any atom is 0.232 e. The van der Waals surface area contributed by atoms with Crippen LogP contribution in [0.5, 0.6) is 5.75 Å². The molecule has 1 saturated heterocycles. The number of hydrogen-bond acceptors (Lipinski definition) is 7. The summed E-state index contributed by atoms with van der Waals surface area (Å²) in [5.41, 5.74) is 2.69. The minimum Gasteiger partial charge on any atom is -0.489 e. The van der Waals surface area contributed by atoms with Gasteiger partial charge >= 0.3 is 0 Å². The van der Waals surface area contributed by atoms with E-state index in [0.29, 0.717) is 30.4 Å². The second-order valence-electron chi connectivity index (χ2n) is 8.03. The molecule has 5 rings (SSSR count). The van der Waals surface area contributed by atoms with Crippen molar-refractivity contribution >= 4 is 23.0 Å². The van der Waals surface area contributed by atoms with Crippen LogP contribution < -0.4 is 15.0 Å². The Balaban J connectivity index is 1.52. The molecule has 0 unspecified atom stereocenters. The minimum atomic E-state index is -0.380. The van der Waals surface area contributed by atoms with Gasteiger partial charge in [0.15, 0.2) is 11.5 Å². The first kappa shape index (κ1) is 21.1. The zero-order valence-electron chi connectivity index (χ0n) is 18.5. The molecule has 33 heavy (non-hydrogen) atoms. The molecule has 0 bridgehead atoms. The Morgan fingerprint density at radius 3 is 2.67 bits per heavy atom. The fraction of sp³-hybridized carbons (Fsp3) is 0.292. The molecule has 4 aromatic rings. The van der Waals surface area contributed by atoms with Crippen molar-refractivity contribution in [2.45, 2.75) is 20.0 Å². The van der Waals surface area contributed by atoms with Crippen molar-refractivity contribution in [1.29, 1.82) is 0 Å². The van der Waals surface area contributed by atoms with Crippen LogP contribution in [0, 0.1) is 5.82 Å². The number of benzene rings is 2. The molecule has 0 atom stereocenters. The van der Waals surface area contributed by atoms with Crippen LogP contribution in [-0.4, -0.2) is 52.0 Å². The van der Waals surface area contributed by atoms with Crippen LogP contribution in [0.3, 0.4) is 0 Å². The van der Waals surface area contributed by atoms with Crippen LogP contribution in [0.1, 0.15) is 13.8 Å². The zero-order valence-corrected chi connectivity index (χ0v) is 18.5. The summed E-state index contributed by atoms with van der Waals surface area (Å²) in [6.07, 6.45) is 1.65. The van der Waals surface area contributed by atoms with Gasteiger partial charge in [0, 0.05) is 30.9 Å². The molecule has 1 fully saturated rings. The van der Waals surface area contributed by atoms with E-state index in [1.807, 2.05) is 32.0 Å². The predicted octanol–water partition coefficient (Wildman–Crippen LogP) is 4.30. The summed E-state index contributed by atoms with van der Waals surface area (Å²) in [4.78, 5) is 11.3. The lowest BCUT2D eigenvalue weighted by Crippen LogP contribution is -2.36. The number of anilines is 3. The summed E-state index contributed by atoms with van der Waals surface area (Å²) in [6.45, 7) is 7.01.